The Hall–Kier alpha value is -0.700. The van der Waals surface area contributed by atoms with Gasteiger partial charge in [0.05, 0.1) is 5.92 Å². The molecule has 1 unspecified atom stereocenters. The fourth-order valence-electron chi connectivity index (χ4n) is 2.46. The quantitative estimate of drug-likeness (QED) is 0.748. The molecule has 7 nitrogen and oxygen atoms in total. The third kappa shape index (κ3) is 3.88. The second kappa shape index (κ2) is 6.17. The standard InChI is InChI=1S/C11H20N2O5S/c14-11(15)9-2-1-5-13(8-9)19(16,17)12-10-3-6-18-7-4-10/h9-10,12H,1-8H2,(H,14,15). The number of aliphatic carboxylic acids is 1. The molecule has 19 heavy (non-hydrogen) atoms. The Labute approximate surface area is 113 Å². The average molecular weight is 292 g/mol. The minimum Gasteiger partial charge on any atom is -0.481 e. The van der Waals surface area contributed by atoms with E-state index in [1.807, 2.05) is 0 Å². The second-order valence-electron chi connectivity index (χ2n) is 5.04. The van der Waals surface area contributed by atoms with Crippen LogP contribution in [0.4, 0.5) is 0 Å². The van der Waals surface area contributed by atoms with E-state index in [0.29, 0.717) is 45.4 Å². The van der Waals surface area contributed by atoms with Crippen molar-refractivity contribution in [3.05, 3.63) is 0 Å². The van der Waals surface area contributed by atoms with E-state index in [4.69, 9.17) is 9.84 Å². The first-order valence-corrected chi connectivity index (χ1v) is 8.01. The van der Waals surface area contributed by atoms with Gasteiger partial charge in [-0.1, -0.05) is 0 Å². The fourth-order valence-corrected chi connectivity index (χ4v) is 4.01. The van der Waals surface area contributed by atoms with Gasteiger partial charge in [-0.3, -0.25) is 4.79 Å². The molecule has 0 aromatic carbocycles. The molecule has 0 saturated carbocycles. The topological polar surface area (TPSA) is 95.9 Å². The predicted molar refractivity (Wildman–Crippen MR) is 67.8 cm³/mol. The molecule has 8 heteroatoms. The summed E-state index contributed by atoms with van der Waals surface area (Å²) in [5.41, 5.74) is 0. The smallest absolute Gasteiger partial charge is 0.307 e. The Kier molecular flexibility index (Phi) is 4.77. The first kappa shape index (κ1) is 14.7. The van der Waals surface area contributed by atoms with Crippen molar-refractivity contribution in [2.45, 2.75) is 31.7 Å². The summed E-state index contributed by atoms with van der Waals surface area (Å²) in [6.45, 7) is 1.58. The summed E-state index contributed by atoms with van der Waals surface area (Å²) in [6, 6.07) is -0.107. The lowest BCUT2D eigenvalue weighted by atomic mass is 10.0. The van der Waals surface area contributed by atoms with Crippen LogP contribution in [-0.4, -0.2) is 56.1 Å². The van der Waals surface area contributed by atoms with Crippen molar-refractivity contribution in [2.75, 3.05) is 26.3 Å². The van der Waals surface area contributed by atoms with Crippen LogP contribution in [-0.2, 0) is 19.7 Å². The van der Waals surface area contributed by atoms with Crippen LogP contribution in [0.15, 0.2) is 0 Å². The van der Waals surface area contributed by atoms with E-state index in [0.717, 1.165) is 0 Å². The van der Waals surface area contributed by atoms with E-state index < -0.39 is 22.1 Å². The number of nitrogens with zero attached hydrogens (tertiary/aromatic N) is 1. The number of carbonyl (C=O) groups is 1. The van der Waals surface area contributed by atoms with Crippen LogP contribution in [0.5, 0.6) is 0 Å². The van der Waals surface area contributed by atoms with Crippen molar-refractivity contribution in [1.82, 2.24) is 9.03 Å². The van der Waals surface area contributed by atoms with Gasteiger partial charge >= 0.3 is 5.97 Å². The van der Waals surface area contributed by atoms with Gasteiger partial charge in [0.25, 0.3) is 10.2 Å². The molecular weight excluding hydrogens is 272 g/mol. The predicted octanol–water partition coefficient (Wildman–Crippen LogP) is -0.204. The third-order valence-electron chi connectivity index (χ3n) is 3.61. The summed E-state index contributed by atoms with van der Waals surface area (Å²) in [6.07, 6.45) is 2.45. The maximum atomic E-state index is 12.2. The average Bonchev–Trinajstić information content (AvgIpc) is 2.39. The summed E-state index contributed by atoms with van der Waals surface area (Å²) < 4.78 is 33.5. The van der Waals surface area contributed by atoms with Crippen molar-refractivity contribution >= 4 is 16.2 Å². The van der Waals surface area contributed by atoms with E-state index in [1.54, 1.807) is 0 Å². The zero-order valence-corrected chi connectivity index (χ0v) is 11.6. The molecule has 2 heterocycles. The van der Waals surface area contributed by atoms with E-state index in [-0.39, 0.29) is 12.6 Å². The van der Waals surface area contributed by atoms with Crippen molar-refractivity contribution in [3.63, 3.8) is 0 Å². The molecule has 2 aliphatic heterocycles. The van der Waals surface area contributed by atoms with Crippen LogP contribution in [0.25, 0.3) is 0 Å². The lowest BCUT2D eigenvalue weighted by molar-refractivity contribution is -0.142. The minimum absolute atomic E-state index is 0.0634. The lowest BCUT2D eigenvalue weighted by Gasteiger charge is -2.32. The molecule has 0 spiro atoms. The highest BCUT2D eigenvalue weighted by atomic mass is 32.2. The van der Waals surface area contributed by atoms with Crippen LogP contribution in [0.2, 0.25) is 0 Å². The Bertz CT molecular complexity index is 419. The second-order valence-corrected chi connectivity index (χ2v) is 6.75. The number of rotatable bonds is 4. The van der Waals surface area contributed by atoms with Gasteiger partial charge in [-0.2, -0.15) is 17.4 Å². The number of hydrogen-bond acceptors (Lipinski definition) is 4. The molecule has 2 aliphatic rings. The summed E-state index contributed by atoms with van der Waals surface area (Å²) >= 11 is 0. The Morgan fingerprint density at radius 2 is 1.95 bits per heavy atom. The monoisotopic (exact) mass is 292 g/mol. The molecule has 2 N–H and O–H groups in total. The van der Waals surface area contributed by atoms with Gasteiger partial charge in [0.2, 0.25) is 0 Å². The number of nitrogens with one attached hydrogen (secondary N) is 1. The van der Waals surface area contributed by atoms with Crippen LogP contribution in [0.1, 0.15) is 25.7 Å². The summed E-state index contributed by atoms with van der Waals surface area (Å²) in [5, 5.41) is 8.98. The number of carboxylic acids is 1. The maximum absolute atomic E-state index is 12.2. The van der Waals surface area contributed by atoms with Crippen molar-refractivity contribution in [2.24, 2.45) is 5.92 Å². The molecular formula is C11H20N2O5S. The molecule has 2 rings (SSSR count). The molecule has 0 amide bonds. The van der Waals surface area contributed by atoms with Crippen LogP contribution in [0, 0.1) is 5.92 Å². The van der Waals surface area contributed by atoms with E-state index in [1.165, 1.54) is 4.31 Å². The minimum atomic E-state index is -3.58. The highest BCUT2D eigenvalue weighted by Gasteiger charge is 2.33. The van der Waals surface area contributed by atoms with E-state index in [9.17, 15) is 13.2 Å². The number of carboxylic acid groups (broad SMARTS) is 1. The lowest BCUT2D eigenvalue weighted by Crippen LogP contribution is -2.51. The van der Waals surface area contributed by atoms with Crippen molar-refractivity contribution in [3.8, 4) is 0 Å². The van der Waals surface area contributed by atoms with Gasteiger partial charge in [0.15, 0.2) is 0 Å². The highest BCUT2D eigenvalue weighted by molar-refractivity contribution is 7.87. The molecule has 0 bridgehead atoms. The summed E-state index contributed by atoms with van der Waals surface area (Å²) in [5.74, 6) is -1.52. The van der Waals surface area contributed by atoms with Crippen molar-refractivity contribution < 1.29 is 23.1 Å². The Morgan fingerprint density at radius 3 is 2.58 bits per heavy atom. The molecule has 2 fully saturated rings. The summed E-state index contributed by atoms with van der Waals surface area (Å²) in [7, 11) is -3.58. The first-order valence-electron chi connectivity index (χ1n) is 6.57. The fraction of sp³-hybridized carbons (Fsp3) is 0.909. The van der Waals surface area contributed by atoms with Crippen LogP contribution >= 0.6 is 0 Å². The highest BCUT2D eigenvalue weighted by Crippen LogP contribution is 2.19. The molecule has 0 aromatic rings. The Balaban J connectivity index is 1.96. The molecule has 0 aliphatic carbocycles. The van der Waals surface area contributed by atoms with Gasteiger partial charge < -0.3 is 9.84 Å². The van der Waals surface area contributed by atoms with Gasteiger partial charge in [-0.15, -0.1) is 0 Å². The Morgan fingerprint density at radius 1 is 1.26 bits per heavy atom. The van der Waals surface area contributed by atoms with Gasteiger partial charge in [0, 0.05) is 32.3 Å². The van der Waals surface area contributed by atoms with Gasteiger partial charge in [0.1, 0.15) is 0 Å². The van der Waals surface area contributed by atoms with Crippen LogP contribution < -0.4 is 4.72 Å². The molecule has 110 valence electrons. The van der Waals surface area contributed by atoms with Crippen molar-refractivity contribution in [1.29, 1.82) is 0 Å². The maximum Gasteiger partial charge on any atom is 0.307 e. The molecule has 0 radical (unpaired) electrons. The number of hydrogen-bond donors (Lipinski definition) is 2. The zero-order valence-electron chi connectivity index (χ0n) is 10.7. The largest absolute Gasteiger partial charge is 0.481 e. The van der Waals surface area contributed by atoms with Gasteiger partial charge in [-0.25, -0.2) is 0 Å². The van der Waals surface area contributed by atoms with E-state index >= 15 is 0 Å². The molecule has 2 saturated heterocycles. The first-order chi connectivity index (χ1) is 8.99. The third-order valence-corrected chi connectivity index (χ3v) is 5.25. The van der Waals surface area contributed by atoms with E-state index in [2.05, 4.69) is 4.72 Å². The SMILES string of the molecule is O=C(O)C1CCCN(S(=O)(=O)NC2CCOCC2)C1. The summed E-state index contributed by atoms with van der Waals surface area (Å²) in [4.78, 5) is 11.0. The van der Waals surface area contributed by atoms with Gasteiger partial charge in [-0.05, 0) is 25.7 Å². The molecule has 0 aromatic heterocycles. The normalized spacial score (nSPS) is 27.3. The molecule has 1 atom stereocenters. The zero-order chi connectivity index (χ0) is 13.9. The number of piperidine rings is 1. The number of ether oxygens (including phenoxy) is 1. The van der Waals surface area contributed by atoms with Crippen LogP contribution in [0.3, 0.4) is 0 Å².